The predicted molar refractivity (Wildman–Crippen MR) is 98.7 cm³/mol. The Morgan fingerprint density at radius 2 is 2.00 bits per heavy atom. The van der Waals surface area contributed by atoms with Gasteiger partial charge >= 0.3 is 0 Å². The van der Waals surface area contributed by atoms with E-state index in [1.54, 1.807) is 10.3 Å². The number of hydrogen-bond donors (Lipinski definition) is 0. The molecule has 0 radical (unpaired) electrons. The second-order valence-electron chi connectivity index (χ2n) is 4.96. The van der Waals surface area contributed by atoms with Gasteiger partial charge in [-0.2, -0.15) is 4.37 Å². The van der Waals surface area contributed by atoms with Crippen LogP contribution in [-0.4, -0.2) is 47.9 Å². The van der Waals surface area contributed by atoms with E-state index in [-0.39, 0.29) is 0 Å². The van der Waals surface area contributed by atoms with E-state index in [1.165, 1.54) is 10.5 Å². The number of alkyl halides is 1. The molecule has 0 amide bonds. The maximum absolute atomic E-state index is 5.82. The van der Waals surface area contributed by atoms with Gasteiger partial charge in [0.1, 0.15) is 0 Å². The van der Waals surface area contributed by atoms with E-state index >= 15 is 0 Å². The highest BCUT2D eigenvalue weighted by atomic mass is 79.9. The molecule has 0 aliphatic carbocycles. The van der Waals surface area contributed by atoms with E-state index in [4.69, 9.17) is 16.6 Å². The summed E-state index contributed by atoms with van der Waals surface area (Å²) in [7, 11) is 3.13. The highest BCUT2D eigenvalue weighted by Crippen LogP contribution is 2.25. The summed E-state index contributed by atoms with van der Waals surface area (Å²) >= 11 is 9.37. The van der Waals surface area contributed by atoms with Crippen LogP contribution in [0.15, 0.2) is 33.7 Å². The monoisotopic (exact) mass is 418 g/mol. The van der Waals surface area contributed by atoms with Gasteiger partial charge in [-0.05, 0) is 38.4 Å². The summed E-state index contributed by atoms with van der Waals surface area (Å²) in [6.45, 7) is 4.98. The van der Waals surface area contributed by atoms with Crippen molar-refractivity contribution in [3.05, 3.63) is 33.4 Å². The molecule has 3 rings (SSSR count). The first-order valence-electron chi connectivity index (χ1n) is 7.06. The van der Waals surface area contributed by atoms with Gasteiger partial charge in [0, 0.05) is 53.6 Å². The molecule has 2 aromatic rings. The zero-order valence-corrected chi connectivity index (χ0v) is 15.9. The summed E-state index contributed by atoms with van der Waals surface area (Å²) in [6.07, 6.45) is 0. The number of para-hydroxylation sites is 1. The van der Waals surface area contributed by atoms with Crippen molar-refractivity contribution >= 4 is 59.9 Å². The normalized spacial score (nSPS) is 17.2. The molecule has 1 aliphatic rings. The Morgan fingerprint density at radius 1 is 1.23 bits per heavy atom. The van der Waals surface area contributed by atoms with Gasteiger partial charge in [0.25, 0.3) is 0 Å². The van der Waals surface area contributed by atoms with Crippen LogP contribution in [-0.2, 0) is 0 Å². The van der Waals surface area contributed by atoms with Crippen molar-refractivity contribution in [3.63, 3.8) is 0 Å². The fraction of sp³-hybridized carbons (Fsp3) is 0.429. The fourth-order valence-corrected chi connectivity index (χ4v) is 4.69. The van der Waals surface area contributed by atoms with E-state index in [2.05, 4.69) is 30.1 Å². The number of nitrogens with zero attached hydrogens (tertiary/aromatic N) is 4. The van der Waals surface area contributed by atoms with E-state index in [1.807, 2.05) is 24.3 Å². The molecule has 8 heteroatoms. The van der Waals surface area contributed by atoms with Crippen molar-refractivity contribution < 1.29 is 0 Å². The standard InChI is InChI=1S/C14H16BrClN4S2/c15-11-3-1-2-4-12(11)17-14-13(18-22-21-14)20-9-7-19(6-5-16)8-10-20/h1-4H,5-10H2. The van der Waals surface area contributed by atoms with Gasteiger partial charge < -0.3 is 4.90 Å². The topological polar surface area (TPSA) is 31.7 Å². The van der Waals surface area contributed by atoms with Gasteiger partial charge in [-0.15, -0.1) is 11.6 Å². The van der Waals surface area contributed by atoms with Crippen LogP contribution in [0.4, 0.5) is 11.5 Å². The molecule has 22 heavy (non-hydrogen) atoms. The van der Waals surface area contributed by atoms with Gasteiger partial charge in [-0.3, -0.25) is 4.90 Å². The van der Waals surface area contributed by atoms with Crippen LogP contribution >= 0.6 is 48.4 Å². The number of piperazine rings is 1. The average Bonchev–Trinajstić information content (AvgIpc) is 2.99. The number of benzene rings is 1. The van der Waals surface area contributed by atoms with Crippen molar-refractivity contribution in [3.8, 4) is 0 Å². The lowest BCUT2D eigenvalue weighted by atomic mass is 10.3. The molecule has 0 unspecified atom stereocenters. The molecule has 118 valence electrons. The number of halogens is 2. The summed E-state index contributed by atoms with van der Waals surface area (Å²) in [6, 6.07) is 8.01. The van der Waals surface area contributed by atoms with Crippen LogP contribution in [0.3, 0.4) is 0 Å². The molecule has 1 aromatic carbocycles. The van der Waals surface area contributed by atoms with Crippen molar-refractivity contribution in [2.45, 2.75) is 0 Å². The van der Waals surface area contributed by atoms with Crippen LogP contribution in [0.2, 0.25) is 0 Å². The first kappa shape index (κ1) is 16.4. The van der Waals surface area contributed by atoms with Crippen LogP contribution in [0.25, 0.3) is 0 Å². The van der Waals surface area contributed by atoms with Crippen molar-refractivity contribution in [1.29, 1.82) is 0 Å². The third-order valence-corrected chi connectivity index (χ3v) is 6.09. The van der Waals surface area contributed by atoms with Gasteiger partial charge in [-0.25, -0.2) is 4.99 Å². The Kier molecular flexibility index (Phi) is 5.87. The highest BCUT2D eigenvalue weighted by molar-refractivity contribution is 9.10. The molecule has 1 saturated heterocycles. The zero-order valence-electron chi connectivity index (χ0n) is 11.9. The maximum atomic E-state index is 5.82. The number of anilines is 1. The van der Waals surface area contributed by atoms with Gasteiger partial charge in [0.2, 0.25) is 0 Å². The van der Waals surface area contributed by atoms with Crippen LogP contribution < -0.4 is 9.57 Å². The minimum atomic E-state index is 0.696. The molecule has 0 N–H and O–H groups in total. The number of aromatic nitrogens is 1. The summed E-state index contributed by atoms with van der Waals surface area (Å²) in [5, 5.41) is 0. The average molecular weight is 420 g/mol. The van der Waals surface area contributed by atoms with E-state index in [0.717, 1.165) is 53.4 Å². The van der Waals surface area contributed by atoms with Crippen LogP contribution in [0.5, 0.6) is 0 Å². The molecular formula is C14H16BrClN4S2. The molecule has 1 fully saturated rings. The second-order valence-corrected chi connectivity index (χ2v) is 8.02. The smallest absolute Gasteiger partial charge is 0.179 e. The Bertz CT molecular complexity index is 679. The lowest BCUT2D eigenvalue weighted by molar-refractivity contribution is 0.272. The van der Waals surface area contributed by atoms with Crippen molar-refractivity contribution in [2.75, 3.05) is 43.5 Å². The molecule has 0 atom stereocenters. The zero-order chi connectivity index (χ0) is 15.4. The first-order chi connectivity index (χ1) is 10.8. The van der Waals surface area contributed by atoms with E-state index < -0.39 is 0 Å². The fourth-order valence-electron chi connectivity index (χ4n) is 2.38. The molecule has 4 nitrogen and oxygen atoms in total. The third kappa shape index (κ3) is 3.89. The van der Waals surface area contributed by atoms with E-state index in [9.17, 15) is 0 Å². The van der Waals surface area contributed by atoms with E-state index in [0.29, 0.717) is 5.88 Å². The van der Waals surface area contributed by atoms with Gasteiger partial charge in [0.05, 0.1) is 5.69 Å². The first-order valence-corrected chi connectivity index (χ1v) is 10.5. The summed E-state index contributed by atoms with van der Waals surface area (Å²) in [4.78, 5) is 9.49. The lowest BCUT2D eigenvalue weighted by Crippen LogP contribution is -2.48. The molecular weight excluding hydrogens is 404 g/mol. The molecule has 1 aliphatic heterocycles. The Labute approximate surface area is 150 Å². The molecule has 1 aromatic heterocycles. The third-order valence-electron chi connectivity index (χ3n) is 3.58. The number of hydrogen-bond acceptors (Lipinski definition) is 6. The maximum Gasteiger partial charge on any atom is 0.179 e. The minimum absolute atomic E-state index is 0.696. The predicted octanol–water partition coefficient (Wildman–Crippen LogP) is 3.56. The Hall–Kier alpha value is -0.470. The summed E-state index contributed by atoms with van der Waals surface area (Å²) in [5.74, 6) is 1.71. The Morgan fingerprint density at radius 3 is 2.73 bits per heavy atom. The van der Waals surface area contributed by atoms with Crippen LogP contribution in [0, 0.1) is 0 Å². The lowest BCUT2D eigenvalue weighted by Gasteiger charge is -2.34. The quantitative estimate of drug-likeness (QED) is 0.561. The van der Waals surface area contributed by atoms with Crippen LogP contribution in [0.1, 0.15) is 0 Å². The van der Waals surface area contributed by atoms with Gasteiger partial charge in [0.15, 0.2) is 10.5 Å². The second kappa shape index (κ2) is 7.88. The SMILES string of the molecule is ClCCN1CCN(c2nssc2=Nc2ccccc2Br)CC1. The molecule has 0 spiro atoms. The molecule has 2 heterocycles. The molecule has 0 saturated carbocycles. The Balaban J connectivity index is 1.80. The largest absolute Gasteiger partial charge is 0.351 e. The minimum Gasteiger partial charge on any atom is -0.351 e. The highest BCUT2D eigenvalue weighted by Gasteiger charge is 2.19. The summed E-state index contributed by atoms with van der Waals surface area (Å²) in [5.41, 5.74) is 0.945. The summed E-state index contributed by atoms with van der Waals surface area (Å²) < 4.78 is 6.56. The molecule has 0 bridgehead atoms. The van der Waals surface area contributed by atoms with Gasteiger partial charge in [-0.1, -0.05) is 12.1 Å². The number of rotatable bonds is 4. The van der Waals surface area contributed by atoms with Crippen molar-refractivity contribution in [1.82, 2.24) is 9.27 Å². The van der Waals surface area contributed by atoms with Crippen molar-refractivity contribution in [2.24, 2.45) is 4.99 Å².